The van der Waals surface area contributed by atoms with Crippen molar-refractivity contribution in [2.75, 3.05) is 10.6 Å². The molecule has 0 saturated heterocycles. The summed E-state index contributed by atoms with van der Waals surface area (Å²) in [6.45, 7) is 7.84. The monoisotopic (exact) mass is 377 g/mol. The van der Waals surface area contributed by atoms with Gasteiger partial charge in [0.2, 0.25) is 5.95 Å². The molecule has 0 aliphatic carbocycles. The van der Waals surface area contributed by atoms with E-state index in [-0.39, 0.29) is 5.91 Å². The fourth-order valence-electron chi connectivity index (χ4n) is 3.70. The first-order valence-electron chi connectivity index (χ1n) is 9.11. The Labute approximate surface area is 163 Å². The number of fused-ring (bicyclic) bond motifs is 1. The number of amides is 1. The molecule has 2 aromatic heterocycles. The molecule has 4 rings (SSSR count). The Bertz CT molecular complexity index is 1110. The van der Waals surface area contributed by atoms with E-state index in [2.05, 4.69) is 25.8 Å². The summed E-state index contributed by atoms with van der Waals surface area (Å²) in [5.74, 6) is 0.431. The number of anilines is 2. The summed E-state index contributed by atoms with van der Waals surface area (Å²) in [5.41, 5.74) is 6.07. The van der Waals surface area contributed by atoms with E-state index in [1.54, 1.807) is 9.36 Å². The Morgan fingerprint density at radius 1 is 1.21 bits per heavy atom. The van der Waals surface area contributed by atoms with Crippen molar-refractivity contribution in [3.8, 4) is 0 Å². The summed E-state index contributed by atoms with van der Waals surface area (Å²) in [4.78, 5) is 17.6. The molecule has 0 bridgehead atoms. The van der Waals surface area contributed by atoms with Crippen LogP contribution in [0.1, 0.15) is 35.3 Å². The number of aryl methyl sites for hydroxylation is 4. The maximum absolute atomic E-state index is 13.4. The quantitative estimate of drug-likeness (QED) is 0.733. The van der Waals surface area contributed by atoms with Crippen molar-refractivity contribution in [3.63, 3.8) is 0 Å². The number of hydrogen-bond acceptors (Lipinski definition) is 5. The van der Waals surface area contributed by atoms with Crippen molar-refractivity contribution in [2.45, 2.75) is 33.7 Å². The molecule has 0 fully saturated rings. The van der Waals surface area contributed by atoms with E-state index in [1.807, 2.05) is 59.1 Å². The zero-order chi connectivity index (χ0) is 20.0. The lowest BCUT2D eigenvalue weighted by Crippen LogP contribution is -2.31. The molecule has 8 heteroatoms. The van der Waals surface area contributed by atoms with Gasteiger partial charge in [0.15, 0.2) is 0 Å². The summed E-state index contributed by atoms with van der Waals surface area (Å²) < 4.78 is 3.48. The van der Waals surface area contributed by atoms with E-state index >= 15 is 0 Å². The number of hydrogen-bond donors (Lipinski definition) is 2. The molecule has 1 aliphatic heterocycles. The van der Waals surface area contributed by atoms with Crippen LogP contribution in [-0.4, -0.2) is 30.5 Å². The standard InChI is InChI=1S/C20H23N7O/c1-11-6-7-16(12(2)8-11)24-19(28)17-14(4)23-20-21-10-22-27(20)18(17)15-9-26(5)25-13(15)3/h6-10,18H,1-5H3,(H,24,28)(H,21,22,23). The first-order valence-corrected chi connectivity index (χ1v) is 9.11. The third kappa shape index (κ3) is 2.96. The van der Waals surface area contributed by atoms with Gasteiger partial charge >= 0.3 is 0 Å². The fourth-order valence-corrected chi connectivity index (χ4v) is 3.70. The molecule has 3 aromatic rings. The number of nitrogens with one attached hydrogen (secondary N) is 2. The largest absolute Gasteiger partial charge is 0.328 e. The molecule has 0 radical (unpaired) electrons. The molecule has 1 aliphatic rings. The lowest BCUT2D eigenvalue weighted by molar-refractivity contribution is -0.113. The van der Waals surface area contributed by atoms with E-state index < -0.39 is 6.04 Å². The normalized spacial score (nSPS) is 16.0. The first kappa shape index (κ1) is 18.0. The highest BCUT2D eigenvalue weighted by Gasteiger charge is 2.35. The summed E-state index contributed by atoms with van der Waals surface area (Å²) >= 11 is 0. The molecule has 0 spiro atoms. The lowest BCUT2D eigenvalue weighted by Gasteiger charge is -2.28. The van der Waals surface area contributed by atoms with Gasteiger partial charge in [-0.1, -0.05) is 17.7 Å². The highest BCUT2D eigenvalue weighted by Crippen LogP contribution is 2.36. The van der Waals surface area contributed by atoms with Gasteiger partial charge in [0.25, 0.3) is 5.91 Å². The number of nitrogens with zero attached hydrogens (tertiary/aromatic N) is 5. The van der Waals surface area contributed by atoms with Crippen LogP contribution < -0.4 is 10.6 Å². The summed E-state index contributed by atoms with van der Waals surface area (Å²) in [7, 11) is 1.87. The van der Waals surface area contributed by atoms with E-state index in [1.165, 1.54) is 6.33 Å². The van der Waals surface area contributed by atoms with Crippen LogP contribution in [0.5, 0.6) is 0 Å². The maximum atomic E-state index is 13.4. The van der Waals surface area contributed by atoms with Crippen LogP contribution >= 0.6 is 0 Å². The van der Waals surface area contributed by atoms with Gasteiger partial charge in [-0.3, -0.25) is 9.48 Å². The average molecular weight is 377 g/mol. The third-order valence-electron chi connectivity index (χ3n) is 5.02. The van der Waals surface area contributed by atoms with E-state index in [4.69, 9.17) is 0 Å². The highest BCUT2D eigenvalue weighted by atomic mass is 16.1. The van der Waals surface area contributed by atoms with Gasteiger partial charge < -0.3 is 10.6 Å². The number of benzene rings is 1. The van der Waals surface area contributed by atoms with Gasteiger partial charge in [-0.2, -0.15) is 15.2 Å². The molecule has 1 aromatic carbocycles. The van der Waals surface area contributed by atoms with Crippen LogP contribution in [-0.2, 0) is 11.8 Å². The zero-order valence-electron chi connectivity index (χ0n) is 16.6. The van der Waals surface area contributed by atoms with Gasteiger partial charge in [-0.15, -0.1) is 0 Å². The molecule has 2 N–H and O–H groups in total. The second kappa shape index (κ2) is 6.63. The summed E-state index contributed by atoms with van der Waals surface area (Å²) in [6.07, 6.45) is 3.41. The Balaban J connectivity index is 1.78. The Kier molecular flexibility index (Phi) is 4.26. The first-order chi connectivity index (χ1) is 13.3. The van der Waals surface area contributed by atoms with Crippen LogP contribution in [0.15, 0.2) is 42.0 Å². The predicted molar refractivity (Wildman–Crippen MR) is 107 cm³/mol. The summed E-state index contributed by atoms with van der Waals surface area (Å²) in [5, 5.41) is 15.1. The molecule has 0 saturated carbocycles. The van der Waals surface area contributed by atoms with Crippen molar-refractivity contribution in [1.82, 2.24) is 24.5 Å². The average Bonchev–Trinajstić information content (AvgIpc) is 3.21. The smallest absolute Gasteiger partial charge is 0.255 e. The van der Waals surface area contributed by atoms with Crippen molar-refractivity contribution < 1.29 is 4.79 Å². The lowest BCUT2D eigenvalue weighted by atomic mass is 9.95. The Morgan fingerprint density at radius 3 is 2.68 bits per heavy atom. The SMILES string of the molecule is CC1=C(C(=O)Nc2ccc(C)cc2C)C(c2cn(C)nc2C)n2ncnc2N1. The number of allylic oxidation sites excluding steroid dienone is 1. The fraction of sp³-hybridized carbons (Fsp3) is 0.300. The molecule has 8 nitrogen and oxygen atoms in total. The zero-order valence-corrected chi connectivity index (χ0v) is 16.6. The molecule has 3 heterocycles. The molecular formula is C20H23N7O. The van der Waals surface area contributed by atoms with Crippen molar-refractivity contribution >= 4 is 17.5 Å². The van der Waals surface area contributed by atoms with Crippen LogP contribution in [0.3, 0.4) is 0 Å². The molecule has 28 heavy (non-hydrogen) atoms. The molecule has 1 atom stereocenters. The van der Waals surface area contributed by atoms with E-state index in [0.717, 1.165) is 33.8 Å². The molecule has 1 amide bonds. The third-order valence-corrected chi connectivity index (χ3v) is 5.02. The van der Waals surface area contributed by atoms with E-state index in [9.17, 15) is 4.79 Å². The van der Waals surface area contributed by atoms with Crippen LogP contribution in [0.2, 0.25) is 0 Å². The number of rotatable bonds is 3. The van der Waals surface area contributed by atoms with Crippen molar-refractivity contribution in [2.24, 2.45) is 7.05 Å². The van der Waals surface area contributed by atoms with Crippen molar-refractivity contribution in [3.05, 3.63) is 64.4 Å². The maximum Gasteiger partial charge on any atom is 0.255 e. The van der Waals surface area contributed by atoms with Crippen LogP contribution in [0, 0.1) is 20.8 Å². The minimum Gasteiger partial charge on any atom is -0.328 e. The molecular weight excluding hydrogens is 354 g/mol. The number of carbonyl (C=O) groups is 1. The highest BCUT2D eigenvalue weighted by molar-refractivity contribution is 6.06. The van der Waals surface area contributed by atoms with Gasteiger partial charge in [-0.05, 0) is 39.3 Å². The van der Waals surface area contributed by atoms with Gasteiger partial charge in [-0.25, -0.2) is 4.68 Å². The van der Waals surface area contributed by atoms with Crippen LogP contribution in [0.4, 0.5) is 11.6 Å². The van der Waals surface area contributed by atoms with E-state index in [0.29, 0.717) is 11.5 Å². The Hall–Kier alpha value is -3.42. The Morgan fingerprint density at radius 2 is 2.00 bits per heavy atom. The predicted octanol–water partition coefficient (Wildman–Crippen LogP) is 2.86. The van der Waals surface area contributed by atoms with Gasteiger partial charge in [0.1, 0.15) is 12.4 Å². The second-order valence-corrected chi connectivity index (χ2v) is 7.21. The van der Waals surface area contributed by atoms with Crippen LogP contribution in [0.25, 0.3) is 0 Å². The van der Waals surface area contributed by atoms with Gasteiger partial charge in [0.05, 0.1) is 11.3 Å². The minimum atomic E-state index is -0.404. The second-order valence-electron chi connectivity index (χ2n) is 7.21. The number of carbonyl (C=O) groups excluding carboxylic acids is 1. The molecule has 1 unspecified atom stereocenters. The van der Waals surface area contributed by atoms with Crippen molar-refractivity contribution in [1.29, 1.82) is 0 Å². The minimum absolute atomic E-state index is 0.175. The number of aromatic nitrogens is 5. The topological polar surface area (TPSA) is 89.7 Å². The van der Waals surface area contributed by atoms with Gasteiger partial charge in [0, 0.05) is 30.2 Å². The molecule has 144 valence electrons. The summed E-state index contributed by atoms with van der Waals surface area (Å²) in [6, 6.07) is 5.56.